The Labute approximate surface area is 300 Å². The van der Waals surface area contributed by atoms with Crippen LogP contribution in [0.3, 0.4) is 0 Å². The van der Waals surface area contributed by atoms with Gasteiger partial charge in [0.1, 0.15) is 0 Å². The molecule has 2 amide bonds. The summed E-state index contributed by atoms with van der Waals surface area (Å²) >= 11 is 0. The highest BCUT2D eigenvalue weighted by molar-refractivity contribution is 7.90. The smallest absolute Gasteiger partial charge is 0.329 e. The zero-order valence-corrected chi connectivity index (χ0v) is 30.1. The fraction of sp³-hybridized carbons (Fsp3) is 0.176. The summed E-state index contributed by atoms with van der Waals surface area (Å²) in [5.74, 6) is -5.29. The maximum absolute atomic E-state index is 13.0. The van der Waals surface area contributed by atoms with Crippen LogP contribution in [0.4, 0.5) is 0 Å². The molecular weight excluding hydrogens is 717 g/mol. The SMILES string of the molecule is CN(C)Cc1ccc(S(=O)(=O)n2ccc(/C=C/C(=O)NOC(=O)C(=O)ONC(=O)/C=C/c3ccn(S(=O)(=O)c4ccc(CN(C)C)cc4)c3)c2)cc1. The highest BCUT2D eigenvalue weighted by Crippen LogP contribution is 2.19. The van der Waals surface area contributed by atoms with E-state index >= 15 is 0 Å². The van der Waals surface area contributed by atoms with Gasteiger partial charge in [-0.3, -0.25) is 9.59 Å². The van der Waals surface area contributed by atoms with Crippen LogP contribution in [0.25, 0.3) is 12.2 Å². The summed E-state index contributed by atoms with van der Waals surface area (Å²) in [6.07, 6.45) is 9.49. The molecule has 0 aliphatic rings. The van der Waals surface area contributed by atoms with Crippen molar-refractivity contribution in [3.63, 3.8) is 0 Å². The maximum atomic E-state index is 13.0. The zero-order valence-electron chi connectivity index (χ0n) is 28.5. The predicted molar refractivity (Wildman–Crippen MR) is 188 cm³/mol. The van der Waals surface area contributed by atoms with Crippen molar-refractivity contribution in [2.75, 3.05) is 28.2 Å². The van der Waals surface area contributed by atoms with E-state index in [9.17, 15) is 36.0 Å². The molecule has 18 heteroatoms. The molecule has 0 bridgehead atoms. The van der Waals surface area contributed by atoms with Gasteiger partial charge in [-0.1, -0.05) is 24.3 Å². The second kappa shape index (κ2) is 16.9. The van der Waals surface area contributed by atoms with Crippen LogP contribution in [0, 0.1) is 0 Å². The van der Waals surface area contributed by atoms with E-state index in [0.29, 0.717) is 24.2 Å². The molecule has 4 aromatic rings. The molecule has 4 rings (SSSR count). The van der Waals surface area contributed by atoms with E-state index in [4.69, 9.17) is 0 Å². The van der Waals surface area contributed by atoms with Crippen LogP contribution in [-0.4, -0.2) is 86.5 Å². The molecule has 0 saturated carbocycles. The predicted octanol–water partition coefficient (Wildman–Crippen LogP) is 1.76. The Kier molecular flexibility index (Phi) is 12.7. The molecule has 16 nitrogen and oxygen atoms in total. The number of aromatic nitrogens is 2. The molecule has 2 aromatic heterocycles. The number of carbonyl (C=O) groups excluding carboxylic acids is 4. The van der Waals surface area contributed by atoms with Gasteiger partial charge in [0.25, 0.3) is 31.9 Å². The van der Waals surface area contributed by atoms with Crippen molar-refractivity contribution in [2.45, 2.75) is 22.9 Å². The first kappa shape index (κ1) is 39.0. The van der Waals surface area contributed by atoms with E-state index in [1.807, 2.05) is 38.0 Å². The van der Waals surface area contributed by atoms with E-state index in [2.05, 4.69) is 9.68 Å². The average Bonchev–Trinajstić information content (AvgIpc) is 3.79. The summed E-state index contributed by atoms with van der Waals surface area (Å²) in [6, 6.07) is 15.8. The van der Waals surface area contributed by atoms with Crippen LogP contribution in [0.15, 0.2) is 107 Å². The van der Waals surface area contributed by atoms with Gasteiger partial charge in [-0.05, 0) is 99.0 Å². The summed E-state index contributed by atoms with van der Waals surface area (Å²) < 4.78 is 53.8. The Balaban J connectivity index is 1.21. The molecule has 2 aromatic carbocycles. The van der Waals surface area contributed by atoms with Gasteiger partial charge < -0.3 is 19.5 Å². The van der Waals surface area contributed by atoms with Gasteiger partial charge in [-0.2, -0.15) is 11.0 Å². The number of hydrogen-bond acceptors (Lipinski definition) is 12. The third kappa shape index (κ3) is 10.6. The number of hydrogen-bond donors (Lipinski definition) is 2. The Morgan fingerprint density at radius 3 is 1.27 bits per heavy atom. The number of amides is 2. The first-order chi connectivity index (χ1) is 24.5. The molecule has 2 N–H and O–H groups in total. The van der Waals surface area contributed by atoms with Crippen LogP contribution in [0.2, 0.25) is 0 Å². The Morgan fingerprint density at radius 2 is 0.942 bits per heavy atom. The van der Waals surface area contributed by atoms with E-state index < -0.39 is 43.8 Å². The highest BCUT2D eigenvalue weighted by atomic mass is 32.2. The summed E-state index contributed by atoms with van der Waals surface area (Å²) in [5, 5.41) is 0. The van der Waals surface area contributed by atoms with E-state index in [1.165, 1.54) is 73.3 Å². The number of nitrogens with one attached hydrogen (secondary N) is 2. The van der Waals surface area contributed by atoms with Crippen LogP contribution in [-0.2, 0) is 62.0 Å². The molecule has 0 aliphatic carbocycles. The molecule has 0 fully saturated rings. The Morgan fingerprint density at radius 1 is 0.596 bits per heavy atom. The van der Waals surface area contributed by atoms with Crippen molar-refractivity contribution in [1.29, 1.82) is 0 Å². The Hall–Kier alpha value is -5.82. The molecule has 0 atom stereocenters. The summed E-state index contributed by atoms with van der Waals surface area (Å²) in [4.78, 5) is 60.7. The fourth-order valence-electron chi connectivity index (χ4n) is 4.48. The lowest BCUT2D eigenvalue weighted by Gasteiger charge is -2.10. The van der Waals surface area contributed by atoms with Gasteiger partial charge in [-0.25, -0.2) is 34.4 Å². The summed E-state index contributed by atoms with van der Waals surface area (Å²) in [5.41, 5.74) is 5.94. The third-order valence-electron chi connectivity index (χ3n) is 6.89. The van der Waals surface area contributed by atoms with Crippen molar-refractivity contribution >= 4 is 56.0 Å². The molecule has 0 radical (unpaired) electrons. The third-order valence-corrected chi connectivity index (χ3v) is 10.2. The van der Waals surface area contributed by atoms with E-state index in [1.54, 1.807) is 35.2 Å². The number of rotatable bonds is 12. The van der Waals surface area contributed by atoms with E-state index in [0.717, 1.165) is 31.2 Å². The largest absolute Gasteiger partial charge is 0.443 e. The van der Waals surface area contributed by atoms with Crippen molar-refractivity contribution in [2.24, 2.45) is 0 Å². The summed E-state index contributed by atoms with van der Waals surface area (Å²) in [6.45, 7) is 1.30. The van der Waals surface area contributed by atoms with Crippen molar-refractivity contribution in [3.05, 3.63) is 120 Å². The summed E-state index contributed by atoms with van der Waals surface area (Å²) in [7, 11) is -0.184. The topological polar surface area (TPSA) is 195 Å². The molecule has 0 aliphatic heterocycles. The number of nitrogens with zero attached hydrogens (tertiary/aromatic N) is 4. The first-order valence-electron chi connectivity index (χ1n) is 15.3. The zero-order chi connectivity index (χ0) is 38.1. The van der Waals surface area contributed by atoms with Crippen LogP contribution < -0.4 is 11.0 Å². The monoisotopic (exact) mass is 752 g/mol. The van der Waals surface area contributed by atoms with Gasteiger partial charge in [0, 0.05) is 50.0 Å². The van der Waals surface area contributed by atoms with Crippen LogP contribution in [0.1, 0.15) is 22.3 Å². The molecule has 0 saturated heterocycles. The van der Waals surface area contributed by atoms with Crippen LogP contribution in [0.5, 0.6) is 0 Å². The minimum absolute atomic E-state index is 0.0752. The lowest BCUT2D eigenvalue weighted by atomic mass is 10.2. The minimum atomic E-state index is -3.89. The maximum Gasteiger partial charge on any atom is 0.443 e. The van der Waals surface area contributed by atoms with Gasteiger partial charge in [0.2, 0.25) is 0 Å². The average molecular weight is 753 g/mol. The van der Waals surface area contributed by atoms with E-state index in [-0.39, 0.29) is 9.79 Å². The molecule has 2 heterocycles. The second-order valence-electron chi connectivity index (χ2n) is 11.7. The fourth-order valence-corrected chi connectivity index (χ4v) is 6.89. The molecular formula is C34H36N6O10S2. The molecule has 274 valence electrons. The molecule has 0 unspecified atom stereocenters. The quantitative estimate of drug-likeness (QED) is 0.121. The lowest BCUT2D eigenvalue weighted by molar-refractivity contribution is -0.178. The van der Waals surface area contributed by atoms with Crippen molar-refractivity contribution in [3.8, 4) is 0 Å². The van der Waals surface area contributed by atoms with Gasteiger partial charge in [-0.15, -0.1) is 0 Å². The number of benzene rings is 2. The first-order valence-corrected chi connectivity index (χ1v) is 18.1. The standard InChI is InChI=1S/C34H36N6O10S2/c1-37(2)21-25-5-11-29(12-6-25)51(45,46)39-19-17-27(23-39)9-15-31(41)35-49-33(43)34(44)50-36-32(42)16-10-28-18-20-40(24-28)52(47,48)30-13-7-26(8-14-30)22-38(3)4/h5-20,23-24H,21-22H2,1-4H3,(H,35,41)(H,36,42)/b15-9+,16-10+. The normalized spacial score (nSPS) is 12.0. The second-order valence-corrected chi connectivity index (χ2v) is 15.4. The molecule has 0 spiro atoms. The lowest BCUT2D eigenvalue weighted by Crippen LogP contribution is -2.34. The van der Waals surface area contributed by atoms with Gasteiger partial charge in [0.05, 0.1) is 9.79 Å². The number of hydroxylamine groups is 2. The number of carbonyl (C=O) groups is 4. The molecule has 52 heavy (non-hydrogen) atoms. The van der Waals surface area contributed by atoms with Gasteiger partial charge in [0.15, 0.2) is 0 Å². The highest BCUT2D eigenvalue weighted by Gasteiger charge is 2.21. The van der Waals surface area contributed by atoms with Crippen molar-refractivity contribution in [1.82, 2.24) is 28.7 Å². The minimum Gasteiger partial charge on any atom is -0.329 e. The Bertz CT molecular complexity index is 2040. The van der Waals surface area contributed by atoms with Crippen molar-refractivity contribution < 1.29 is 45.7 Å². The van der Waals surface area contributed by atoms with Gasteiger partial charge >= 0.3 is 11.9 Å². The van der Waals surface area contributed by atoms with Crippen LogP contribution >= 0.6 is 0 Å².